The normalized spacial score (nSPS) is 16.8. The van der Waals surface area contributed by atoms with Crippen LogP contribution in [-0.2, 0) is 16.1 Å². The lowest BCUT2D eigenvalue weighted by Gasteiger charge is -2.36. The number of amides is 2. The Morgan fingerprint density at radius 2 is 1.96 bits per heavy atom. The molecule has 2 rings (SSSR count). The maximum Gasteiger partial charge on any atom is 0.317 e. The molecule has 2 N–H and O–H groups in total. The molecule has 1 aliphatic rings. The molecule has 1 aliphatic heterocycles. The van der Waals surface area contributed by atoms with Gasteiger partial charge in [-0.3, -0.25) is 4.79 Å². The first-order valence-electron chi connectivity index (χ1n) is 9.07. The topological polar surface area (TPSA) is 82.1 Å². The second-order valence-corrected chi connectivity index (χ2v) is 6.72. The third kappa shape index (κ3) is 6.31. The number of urea groups is 1. The number of piperidine rings is 1. The molecular weight excluding hydrogens is 334 g/mol. The van der Waals surface area contributed by atoms with Crippen molar-refractivity contribution in [2.75, 3.05) is 27.2 Å². The second-order valence-electron chi connectivity index (χ2n) is 6.72. The Bertz CT molecular complexity index is 573. The van der Waals surface area contributed by atoms with Crippen molar-refractivity contribution in [1.82, 2.24) is 15.3 Å². The van der Waals surface area contributed by atoms with Gasteiger partial charge in [-0.05, 0) is 31.2 Å². The lowest BCUT2D eigenvalue weighted by Crippen LogP contribution is -2.51. The van der Waals surface area contributed by atoms with E-state index in [1.54, 1.807) is 19.1 Å². The van der Waals surface area contributed by atoms with Crippen LogP contribution in [0, 0.1) is 0 Å². The highest BCUT2D eigenvalue weighted by Gasteiger charge is 2.26. The highest BCUT2D eigenvalue weighted by Crippen LogP contribution is 2.16. The summed E-state index contributed by atoms with van der Waals surface area (Å²) < 4.78 is 0. The van der Waals surface area contributed by atoms with Gasteiger partial charge in [-0.15, -0.1) is 0 Å². The van der Waals surface area contributed by atoms with Crippen LogP contribution >= 0.6 is 0 Å². The van der Waals surface area contributed by atoms with Gasteiger partial charge in [0.1, 0.15) is 0 Å². The molecule has 0 aromatic heterocycles. The van der Waals surface area contributed by atoms with E-state index in [-0.39, 0.29) is 24.5 Å². The maximum atomic E-state index is 12.7. The van der Waals surface area contributed by atoms with Crippen molar-refractivity contribution >= 4 is 12.0 Å². The van der Waals surface area contributed by atoms with E-state index in [1.807, 2.05) is 35.4 Å². The standard InChI is InChI=1S/C19H29N3O4/c1-21(17-10-12-22(26-2)13-11-17)19(25)20-16(8-9-18(23)24)14-15-6-4-3-5-7-15/h3-7,16-17H,8-14H2,1-2H3,(H,20,25)(H,23,24). The van der Waals surface area contributed by atoms with Gasteiger partial charge in [0.05, 0.1) is 7.11 Å². The molecule has 1 atom stereocenters. The zero-order valence-corrected chi connectivity index (χ0v) is 15.6. The molecule has 7 heteroatoms. The van der Waals surface area contributed by atoms with E-state index in [0.29, 0.717) is 12.8 Å². The number of carboxylic acids is 1. The summed E-state index contributed by atoms with van der Waals surface area (Å²) in [6.07, 6.45) is 2.78. The van der Waals surface area contributed by atoms with E-state index in [0.717, 1.165) is 31.5 Å². The van der Waals surface area contributed by atoms with Gasteiger partial charge in [0.15, 0.2) is 0 Å². The largest absolute Gasteiger partial charge is 0.481 e. The number of hydrogen-bond donors (Lipinski definition) is 2. The number of carbonyl (C=O) groups is 2. The van der Waals surface area contributed by atoms with Crippen molar-refractivity contribution in [2.24, 2.45) is 0 Å². The summed E-state index contributed by atoms with van der Waals surface area (Å²) >= 11 is 0. The van der Waals surface area contributed by atoms with E-state index >= 15 is 0 Å². The molecule has 1 unspecified atom stereocenters. The number of nitrogens with zero attached hydrogens (tertiary/aromatic N) is 2. The predicted octanol–water partition coefficient (Wildman–Crippen LogP) is 2.13. The van der Waals surface area contributed by atoms with Gasteiger partial charge in [0.25, 0.3) is 0 Å². The van der Waals surface area contributed by atoms with Gasteiger partial charge in [-0.2, -0.15) is 5.06 Å². The van der Waals surface area contributed by atoms with Gasteiger partial charge in [0, 0.05) is 38.6 Å². The monoisotopic (exact) mass is 363 g/mol. The van der Waals surface area contributed by atoms with Crippen LogP contribution in [0.4, 0.5) is 4.79 Å². The summed E-state index contributed by atoms with van der Waals surface area (Å²) in [5, 5.41) is 13.9. The third-order valence-corrected chi connectivity index (χ3v) is 4.91. The molecule has 7 nitrogen and oxygen atoms in total. The number of carbonyl (C=O) groups excluding carboxylic acids is 1. The summed E-state index contributed by atoms with van der Waals surface area (Å²) in [6.45, 7) is 1.59. The second kappa shape index (κ2) is 10.1. The summed E-state index contributed by atoms with van der Waals surface area (Å²) in [5.41, 5.74) is 1.08. The van der Waals surface area contributed by atoms with Gasteiger partial charge >= 0.3 is 12.0 Å². The first kappa shape index (κ1) is 20.2. The number of hydroxylamine groups is 2. The minimum atomic E-state index is -0.849. The van der Waals surface area contributed by atoms with Crippen LogP contribution in [0.15, 0.2) is 30.3 Å². The van der Waals surface area contributed by atoms with Gasteiger partial charge in [-0.25, -0.2) is 4.79 Å². The van der Waals surface area contributed by atoms with Crippen LogP contribution in [0.3, 0.4) is 0 Å². The van der Waals surface area contributed by atoms with Crippen LogP contribution in [0.2, 0.25) is 0 Å². The number of benzene rings is 1. The molecular formula is C19H29N3O4. The van der Waals surface area contributed by atoms with Crippen LogP contribution < -0.4 is 5.32 Å². The summed E-state index contributed by atoms with van der Waals surface area (Å²) in [4.78, 5) is 30.6. The molecule has 0 saturated carbocycles. The summed E-state index contributed by atoms with van der Waals surface area (Å²) in [6, 6.07) is 9.62. The molecule has 0 spiro atoms. The summed E-state index contributed by atoms with van der Waals surface area (Å²) in [7, 11) is 3.46. The molecule has 0 bridgehead atoms. The zero-order chi connectivity index (χ0) is 18.9. The molecule has 0 radical (unpaired) electrons. The van der Waals surface area contributed by atoms with Gasteiger partial charge in [-0.1, -0.05) is 30.3 Å². The van der Waals surface area contributed by atoms with Crippen LogP contribution in [-0.4, -0.2) is 66.4 Å². The molecule has 144 valence electrons. The van der Waals surface area contributed by atoms with Gasteiger partial charge < -0.3 is 20.2 Å². The van der Waals surface area contributed by atoms with Crippen molar-refractivity contribution in [3.63, 3.8) is 0 Å². The first-order chi connectivity index (χ1) is 12.5. The lowest BCUT2D eigenvalue weighted by atomic mass is 10.0. The van der Waals surface area contributed by atoms with Crippen LogP contribution in [0.5, 0.6) is 0 Å². The number of hydrogen-bond acceptors (Lipinski definition) is 4. The predicted molar refractivity (Wildman–Crippen MR) is 98.7 cm³/mol. The van der Waals surface area contributed by atoms with E-state index in [9.17, 15) is 9.59 Å². The molecule has 26 heavy (non-hydrogen) atoms. The SMILES string of the molecule is CON1CCC(N(C)C(=O)NC(CCC(=O)O)Cc2ccccc2)CC1. The Labute approximate surface area is 154 Å². The third-order valence-electron chi connectivity index (χ3n) is 4.91. The Kier molecular flexibility index (Phi) is 7.87. The molecule has 0 aliphatic carbocycles. The first-order valence-corrected chi connectivity index (χ1v) is 9.07. The average Bonchev–Trinajstić information content (AvgIpc) is 2.66. The van der Waals surface area contributed by atoms with Crippen molar-refractivity contribution in [2.45, 2.75) is 44.2 Å². The molecule has 1 aromatic carbocycles. The van der Waals surface area contributed by atoms with Crippen LogP contribution in [0.1, 0.15) is 31.2 Å². The van der Waals surface area contributed by atoms with E-state index in [1.165, 1.54) is 0 Å². The van der Waals surface area contributed by atoms with Crippen molar-refractivity contribution in [3.8, 4) is 0 Å². The number of aliphatic carboxylic acids is 1. The number of carboxylic acid groups (broad SMARTS) is 1. The van der Waals surface area contributed by atoms with E-state index < -0.39 is 5.97 Å². The number of nitrogens with one attached hydrogen (secondary N) is 1. The Hall–Kier alpha value is -2.12. The fourth-order valence-corrected chi connectivity index (χ4v) is 3.28. The van der Waals surface area contributed by atoms with Crippen molar-refractivity contribution in [1.29, 1.82) is 0 Å². The van der Waals surface area contributed by atoms with Gasteiger partial charge in [0.2, 0.25) is 0 Å². The lowest BCUT2D eigenvalue weighted by molar-refractivity contribution is -0.147. The molecule has 2 amide bonds. The molecule has 1 fully saturated rings. The average molecular weight is 363 g/mol. The van der Waals surface area contributed by atoms with E-state index in [2.05, 4.69) is 5.32 Å². The van der Waals surface area contributed by atoms with E-state index in [4.69, 9.17) is 9.94 Å². The Morgan fingerprint density at radius 3 is 2.54 bits per heavy atom. The Balaban J connectivity index is 1.92. The minimum Gasteiger partial charge on any atom is -0.481 e. The van der Waals surface area contributed by atoms with Crippen molar-refractivity contribution < 1.29 is 19.5 Å². The molecule has 1 aromatic rings. The highest BCUT2D eigenvalue weighted by atomic mass is 16.7. The quantitative estimate of drug-likeness (QED) is 0.739. The highest BCUT2D eigenvalue weighted by molar-refractivity contribution is 5.74. The summed E-state index contributed by atoms with van der Waals surface area (Å²) in [5.74, 6) is -0.849. The Morgan fingerprint density at radius 1 is 1.31 bits per heavy atom. The minimum absolute atomic E-state index is 0.0354. The zero-order valence-electron chi connectivity index (χ0n) is 15.6. The molecule has 1 heterocycles. The van der Waals surface area contributed by atoms with Crippen LogP contribution in [0.25, 0.3) is 0 Å². The fraction of sp³-hybridized carbons (Fsp3) is 0.579. The number of rotatable bonds is 8. The fourth-order valence-electron chi connectivity index (χ4n) is 3.28. The smallest absolute Gasteiger partial charge is 0.317 e. The van der Waals surface area contributed by atoms with Crippen molar-refractivity contribution in [3.05, 3.63) is 35.9 Å². The molecule has 1 saturated heterocycles. The maximum absolute atomic E-state index is 12.7.